The molecule has 0 unspecified atom stereocenters. The lowest BCUT2D eigenvalue weighted by molar-refractivity contribution is -0.132. The number of carbonyl (C=O) groups excluding carboxylic acids is 1. The maximum Gasteiger partial charge on any atom is 0.227 e. The van der Waals surface area contributed by atoms with Crippen LogP contribution in [0.1, 0.15) is 25.7 Å². The zero-order valence-electron chi connectivity index (χ0n) is 14.0. The van der Waals surface area contributed by atoms with Crippen molar-refractivity contribution in [3.05, 3.63) is 30.4 Å². The van der Waals surface area contributed by atoms with Gasteiger partial charge in [0.25, 0.3) is 0 Å². The minimum absolute atomic E-state index is 0.0539. The molecule has 1 atom stereocenters. The molecule has 8 nitrogen and oxygen atoms in total. The number of sulfone groups is 1. The number of pyridine rings is 1. The molecule has 0 saturated carbocycles. The van der Waals surface area contributed by atoms with Gasteiger partial charge in [0.15, 0.2) is 9.84 Å². The normalized spacial score (nSPS) is 19.0. The monoisotopic (exact) mass is 364 g/mol. The van der Waals surface area contributed by atoms with Gasteiger partial charge in [-0.05, 0) is 25.5 Å². The number of carbonyl (C=O) groups is 1. The van der Waals surface area contributed by atoms with Crippen LogP contribution in [0.4, 0.5) is 0 Å². The van der Waals surface area contributed by atoms with Crippen LogP contribution in [0, 0.1) is 0 Å². The molecule has 1 aliphatic rings. The van der Waals surface area contributed by atoms with Gasteiger partial charge in [-0.25, -0.2) is 8.42 Å². The number of hydrogen-bond donors (Lipinski definition) is 0. The van der Waals surface area contributed by atoms with Crippen molar-refractivity contribution in [2.24, 2.45) is 0 Å². The summed E-state index contributed by atoms with van der Waals surface area (Å²) >= 11 is 0. The largest absolute Gasteiger partial charge is 0.339 e. The first kappa shape index (κ1) is 17.5. The van der Waals surface area contributed by atoms with Crippen LogP contribution in [0.5, 0.6) is 0 Å². The van der Waals surface area contributed by atoms with Crippen LogP contribution in [0.3, 0.4) is 0 Å². The Kier molecular flexibility index (Phi) is 5.12. The average molecular weight is 364 g/mol. The van der Waals surface area contributed by atoms with Gasteiger partial charge in [-0.2, -0.15) is 4.98 Å². The van der Waals surface area contributed by atoms with Gasteiger partial charge >= 0.3 is 0 Å². The Bertz CT molecular complexity index is 835. The van der Waals surface area contributed by atoms with Gasteiger partial charge in [-0.15, -0.1) is 0 Å². The predicted molar refractivity (Wildman–Crippen MR) is 90.3 cm³/mol. The second kappa shape index (κ2) is 7.30. The Morgan fingerprint density at radius 2 is 2.28 bits per heavy atom. The summed E-state index contributed by atoms with van der Waals surface area (Å²) in [6.07, 6.45) is 4.33. The van der Waals surface area contributed by atoms with Crippen molar-refractivity contribution in [2.75, 3.05) is 18.1 Å². The molecular formula is C16H20N4O4S. The molecule has 0 spiro atoms. The van der Waals surface area contributed by atoms with E-state index in [1.54, 1.807) is 23.4 Å². The number of rotatable bonds is 6. The van der Waals surface area contributed by atoms with E-state index in [9.17, 15) is 13.2 Å². The predicted octanol–water partition coefficient (Wildman–Crippen LogP) is 1.10. The van der Waals surface area contributed by atoms with Gasteiger partial charge in [0, 0.05) is 43.4 Å². The van der Waals surface area contributed by atoms with E-state index in [0.29, 0.717) is 31.1 Å². The maximum absolute atomic E-state index is 12.5. The van der Waals surface area contributed by atoms with Gasteiger partial charge in [-0.1, -0.05) is 5.16 Å². The lowest BCUT2D eigenvalue weighted by Crippen LogP contribution is -2.41. The van der Waals surface area contributed by atoms with Gasteiger partial charge in [-0.3, -0.25) is 9.78 Å². The van der Waals surface area contributed by atoms with Crippen molar-refractivity contribution in [3.63, 3.8) is 0 Å². The molecule has 1 fully saturated rings. The molecule has 0 aromatic carbocycles. The first-order valence-electron chi connectivity index (χ1n) is 8.21. The van der Waals surface area contributed by atoms with Gasteiger partial charge in [0.1, 0.15) is 0 Å². The third-order valence-corrected chi connectivity index (χ3v) is 6.00. The molecule has 3 heterocycles. The van der Waals surface area contributed by atoms with Crippen LogP contribution < -0.4 is 0 Å². The Hall–Kier alpha value is -2.29. The second-order valence-corrected chi connectivity index (χ2v) is 8.22. The summed E-state index contributed by atoms with van der Waals surface area (Å²) < 4.78 is 28.4. The van der Waals surface area contributed by atoms with E-state index in [-0.39, 0.29) is 29.9 Å². The highest BCUT2D eigenvalue weighted by atomic mass is 32.2. The van der Waals surface area contributed by atoms with Crippen molar-refractivity contribution < 1.29 is 17.7 Å². The van der Waals surface area contributed by atoms with Crippen molar-refractivity contribution in [2.45, 2.75) is 32.2 Å². The van der Waals surface area contributed by atoms with Gasteiger partial charge < -0.3 is 9.42 Å². The smallest absolute Gasteiger partial charge is 0.227 e. The molecule has 0 aliphatic carbocycles. The molecule has 0 N–H and O–H groups in total. The topological polar surface area (TPSA) is 106 Å². The molecule has 1 saturated heterocycles. The fourth-order valence-corrected chi connectivity index (χ4v) is 4.72. The molecular weight excluding hydrogens is 344 g/mol. The zero-order valence-corrected chi connectivity index (χ0v) is 14.8. The number of aryl methyl sites for hydroxylation is 1. The molecule has 0 radical (unpaired) electrons. The van der Waals surface area contributed by atoms with E-state index < -0.39 is 9.84 Å². The summed E-state index contributed by atoms with van der Waals surface area (Å²) in [5.41, 5.74) is 0.746. The van der Waals surface area contributed by atoms with E-state index >= 15 is 0 Å². The minimum Gasteiger partial charge on any atom is -0.339 e. The van der Waals surface area contributed by atoms with Crippen molar-refractivity contribution in [1.82, 2.24) is 20.0 Å². The molecule has 3 rings (SSSR count). The van der Waals surface area contributed by atoms with Crippen molar-refractivity contribution >= 4 is 15.7 Å². The SMILES string of the molecule is CCN(C(=O)CCc1nc(-c2cccnc2)no1)[C@@H]1CCS(=O)(=O)C1. The molecule has 1 aliphatic heterocycles. The highest BCUT2D eigenvalue weighted by molar-refractivity contribution is 7.91. The fraction of sp³-hybridized carbons (Fsp3) is 0.500. The summed E-state index contributed by atoms with van der Waals surface area (Å²) in [4.78, 5) is 22.4. The molecule has 134 valence electrons. The molecule has 25 heavy (non-hydrogen) atoms. The standard InChI is InChI=1S/C16H20N4O4S/c1-2-20(13-7-9-25(22,23)11-13)15(21)6-5-14-18-16(19-24-14)12-4-3-8-17-10-12/h3-4,8,10,13H,2,5-7,9,11H2,1H3/t13-/m1/s1. The first-order valence-corrected chi connectivity index (χ1v) is 10.0. The summed E-state index contributed by atoms with van der Waals surface area (Å²) in [7, 11) is -3.02. The highest BCUT2D eigenvalue weighted by Crippen LogP contribution is 2.19. The van der Waals surface area contributed by atoms with E-state index in [0.717, 1.165) is 5.56 Å². The Balaban J connectivity index is 1.59. The van der Waals surface area contributed by atoms with Crippen LogP contribution >= 0.6 is 0 Å². The van der Waals surface area contributed by atoms with Crippen LogP contribution in [0.15, 0.2) is 29.0 Å². The highest BCUT2D eigenvalue weighted by Gasteiger charge is 2.33. The Morgan fingerprint density at radius 3 is 2.92 bits per heavy atom. The number of hydrogen-bond acceptors (Lipinski definition) is 7. The summed E-state index contributed by atoms with van der Waals surface area (Å²) in [6, 6.07) is 3.38. The van der Waals surface area contributed by atoms with Crippen LogP contribution in [0.25, 0.3) is 11.4 Å². The number of aromatic nitrogens is 3. The number of nitrogens with zero attached hydrogens (tertiary/aromatic N) is 4. The van der Waals surface area contributed by atoms with Crippen LogP contribution in [-0.4, -0.2) is 58.4 Å². The van der Waals surface area contributed by atoms with Crippen LogP contribution in [-0.2, 0) is 21.1 Å². The summed E-state index contributed by atoms with van der Waals surface area (Å²) in [5, 5.41) is 3.90. The second-order valence-electron chi connectivity index (χ2n) is 5.99. The Labute approximate surface area is 146 Å². The first-order chi connectivity index (χ1) is 12.0. The minimum atomic E-state index is -3.02. The van der Waals surface area contributed by atoms with E-state index in [1.165, 1.54) is 0 Å². The lowest BCUT2D eigenvalue weighted by Gasteiger charge is -2.26. The zero-order chi connectivity index (χ0) is 17.9. The third kappa shape index (κ3) is 4.22. The fourth-order valence-electron chi connectivity index (χ4n) is 2.99. The molecule has 0 bridgehead atoms. The van der Waals surface area contributed by atoms with E-state index in [1.807, 2.05) is 13.0 Å². The summed E-state index contributed by atoms with van der Waals surface area (Å²) in [5.74, 6) is 0.926. The molecule has 1 amide bonds. The summed E-state index contributed by atoms with van der Waals surface area (Å²) in [6.45, 7) is 2.35. The van der Waals surface area contributed by atoms with E-state index in [4.69, 9.17) is 4.52 Å². The van der Waals surface area contributed by atoms with Crippen molar-refractivity contribution in [3.8, 4) is 11.4 Å². The lowest BCUT2D eigenvalue weighted by atomic mass is 10.2. The third-order valence-electron chi connectivity index (χ3n) is 4.25. The van der Waals surface area contributed by atoms with E-state index in [2.05, 4.69) is 15.1 Å². The molecule has 9 heteroatoms. The average Bonchev–Trinajstić information content (AvgIpc) is 3.21. The number of amides is 1. The maximum atomic E-state index is 12.5. The Morgan fingerprint density at radius 1 is 1.44 bits per heavy atom. The molecule has 2 aromatic heterocycles. The van der Waals surface area contributed by atoms with Gasteiger partial charge in [0.2, 0.25) is 17.6 Å². The van der Waals surface area contributed by atoms with Crippen LogP contribution in [0.2, 0.25) is 0 Å². The van der Waals surface area contributed by atoms with Crippen molar-refractivity contribution in [1.29, 1.82) is 0 Å². The van der Waals surface area contributed by atoms with Gasteiger partial charge in [0.05, 0.1) is 11.5 Å². The quantitative estimate of drug-likeness (QED) is 0.755. The molecule has 2 aromatic rings.